The van der Waals surface area contributed by atoms with E-state index in [0.717, 1.165) is 30.8 Å². The molecule has 0 aromatic carbocycles. The van der Waals surface area contributed by atoms with Gasteiger partial charge in [-0.3, -0.25) is 4.79 Å². The molecule has 1 aliphatic rings. The Bertz CT molecular complexity index is 448. The molecule has 2 N–H and O–H groups in total. The summed E-state index contributed by atoms with van der Waals surface area (Å²) >= 11 is 1.07. The average molecular weight is 269 g/mol. The van der Waals surface area contributed by atoms with E-state index in [0.29, 0.717) is 6.42 Å². The summed E-state index contributed by atoms with van der Waals surface area (Å²) in [5.74, 6) is -1.51. The molecule has 1 heterocycles. The highest BCUT2D eigenvalue weighted by molar-refractivity contribution is 7.03. The van der Waals surface area contributed by atoms with Gasteiger partial charge < -0.3 is 10.4 Å². The van der Waals surface area contributed by atoms with Gasteiger partial charge in [-0.15, -0.1) is 5.10 Å². The Kier molecular flexibility index (Phi) is 3.60. The molecule has 98 valence electrons. The van der Waals surface area contributed by atoms with E-state index in [2.05, 4.69) is 14.9 Å². The van der Waals surface area contributed by atoms with Crippen molar-refractivity contribution in [2.75, 3.05) is 0 Å². The molecular formula is C11H15N3O3S. The Hall–Kier alpha value is -1.50. The second kappa shape index (κ2) is 5.01. The van der Waals surface area contributed by atoms with Crippen LogP contribution in [0.15, 0.2) is 5.38 Å². The summed E-state index contributed by atoms with van der Waals surface area (Å²) in [6.07, 6.45) is 3.09. The third-order valence-corrected chi connectivity index (χ3v) is 4.12. The van der Waals surface area contributed by atoms with Crippen molar-refractivity contribution in [1.29, 1.82) is 0 Å². The third kappa shape index (κ3) is 2.22. The third-order valence-electron chi connectivity index (χ3n) is 3.61. The molecule has 6 nitrogen and oxygen atoms in total. The van der Waals surface area contributed by atoms with Crippen LogP contribution in [-0.4, -0.2) is 32.1 Å². The lowest BCUT2D eigenvalue weighted by atomic mass is 9.73. The van der Waals surface area contributed by atoms with Crippen molar-refractivity contribution < 1.29 is 14.7 Å². The average Bonchev–Trinajstić information content (AvgIpc) is 2.85. The Balaban J connectivity index is 2.21. The van der Waals surface area contributed by atoms with Crippen LogP contribution in [0, 0.1) is 5.92 Å². The highest BCUT2D eigenvalue weighted by Gasteiger charge is 2.46. The molecule has 0 saturated heterocycles. The number of hydrogen-bond acceptors (Lipinski definition) is 5. The molecule has 1 aromatic heterocycles. The van der Waals surface area contributed by atoms with Crippen molar-refractivity contribution in [3.8, 4) is 0 Å². The largest absolute Gasteiger partial charge is 0.479 e. The van der Waals surface area contributed by atoms with Crippen molar-refractivity contribution in [2.45, 2.75) is 38.1 Å². The summed E-state index contributed by atoms with van der Waals surface area (Å²) < 4.78 is 3.61. The van der Waals surface area contributed by atoms with E-state index in [-0.39, 0.29) is 11.6 Å². The molecule has 1 aromatic rings. The molecule has 2 rings (SSSR count). The fourth-order valence-electron chi connectivity index (χ4n) is 2.43. The zero-order chi connectivity index (χ0) is 13.2. The van der Waals surface area contributed by atoms with Crippen LogP contribution in [0.4, 0.5) is 0 Å². The lowest BCUT2D eigenvalue weighted by Gasteiger charge is -2.39. The molecule has 1 aliphatic carbocycles. The monoisotopic (exact) mass is 269 g/mol. The van der Waals surface area contributed by atoms with Crippen LogP contribution < -0.4 is 5.32 Å². The molecule has 2 atom stereocenters. The Morgan fingerprint density at radius 1 is 1.56 bits per heavy atom. The zero-order valence-electron chi connectivity index (χ0n) is 10.0. The number of carboxylic acid groups (broad SMARTS) is 1. The van der Waals surface area contributed by atoms with E-state index in [1.54, 1.807) is 0 Å². The molecule has 1 amide bonds. The number of carboxylic acids is 1. The van der Waals surface area contributed by atoms with Crippen LogP contribution in [0.3, 0.4) is 0 Å². The van der Waals surface area contributed by atoms with E-state index in [4.69, 9.17) is 0 Å². The summed E-state index contributed by atoms with van der Waals surface area (Å²) in [5.41, 5.74) is -0.989. The van der Waals surface area contributed by atoms with Gasteiger partial charge in [0.15, 0.2) is 5.69 Å². The minimum Gasteiger partial charge on any atom is -0.479 e. The second-order valence-electron chi connectivity index (χ2n) is 4.67. The number of aromatic nitrogens is 2. The van der Waals surface area contributed by atoms with Crippen molar-refractivity contribution in [3.05, 3.63) is 11.1 Å². The maximum atomic E-state index is 12.0. The lowest BCUT2D eigenvalue weighted by Crippen LogP contribution is -2.60. The summed E-state index contributed by atoms with van der Waals surface area (Å²) in [4.78, 5) is 23.5. The summed E-state index contributed by atoms with van der Waals surface area (Å²) in [5, 5.41) is 17.3. The molecule has 0 bridgehead atoms. The quantitative estimate of drug-likeness (QED) is 0.863. The fourth-order valence-corrected chi connectivity index (χ4v) is 2.87. The maximum Gasteiger partial charge on any atom is 0.329 e. The van der Waals surface area contributed by atoms with Crippen LogP contribution in [-0.2, 0) is 4.79 Å². The number of nitrogens with zero attached hydrogens (tertiary/aromatic N) is 2. The predicted octanol–water partition coefficient (Wildman–Crippen LogP) is 1.30. The number of carbonyl (C=O) groups is 2. The lowest BCUT2D eigenvalue weighted by molar-refractivity contribution is -0.148. The number of nitrogens with one attached hydrogen (secondary N) is 1. The van der Waals surface area contributed by atoms with Gasteiger partial charge in [-0.2, -0.15) is 0 Å². The molecule has 1 fully saturated rings. The summed E-state index contributed by atoms with van der Waals surface area (Å²) in [6.45, 7) is 1.87. The van der Waals surface area contributed by atoms with E-state index in [9.17, 15) is 14.7 Å². The molecule has 2 unspecified atom stereocenters. The first-order valence-corrected chi connectivity index (χ1v) is 6.73. The maximum absolute atomic E-state index is 12.0. The van der Waals surface area contributed by atoms with Crippen LogP contribution >= 0.6 is 11.5 Å². The Morgan fingerprint density at radius 2 is 2.33 bits per heavy atom. The number of rotatable bonds is 3. The smallest absolute Gasteiger partial charge is 0.329 e. The Morgan fingerprint density at radius 3 is 2.89 bits per heavy atom. The standard InChI is InChI=1S/C11H15N3O3S/c1-7-4-2-3-5-11(7,10(16)17)12-9(15)8-6-18-14-13-8/h6-7H,2-5H2,1H3,(H,12,15)(H,16,17). The van der Waals surface area contributed by atoms with Gasteiger partial charge in [-0.05, 0) is 30.3 Å². The van der Waals surface area contributed by atoms with Gasteiger partial charge >= 0.3 is 5.97 Å². The summed E-state index contributed by atoms with van der Waals surface area (Å²) in [6, 6.07) is 0. The van der Waals surface area contributed by atoms with Gasteiger partial charge in [0.25, 0.3) is 5.91 Å². The number of amides is 1. The molecular weight excluding hydrogens is 254 g/mol. The molecule has 0 radical (unpaired) electrons. The van der Waals surface area contributed by atoms with Gasteiger partial charge in [0.2, 0.25) is 0 Å². The first-order valence-electron chi connectivity index (χ1n) is 5.89. The zero-order valence-corrected chi connectivity index (χ0v) is 10.9. The number of carbonyl (C=O) groups excluding carboxylic acids is 1. The molecule has 18 heavy (non-hydrogen) atoms. The fraction of sp³-hybridized carbons (Fsp3) is 0.636. The van der Waals surface area contributed by atoms with Gasteiger partial charge in [0.05, 0.1) is 0 Å². The van der Waals surface area contributed by atoms with E-state index in [1.165, 1.54) is 5.38 Å². The van der Waals surface area contributed by atoms with Crippen molar-refractivity contribution >= 4 is 23.4 Å². The van der Waals surface area contributed by atoms with Crippen LogP contribution in [0.25, 0.3) is 0 Å². The molecule has 7 heteroatoms. The number of aliphatic carboxylic acids is 1. The minimum absolute atomic E-state index is 0.0840. The van der Waals surface area contributed by atoms with Crippen molar-refractivity contribution in [2.24, 2.45) is 5.92 Å². The number of hydrogen-bond donors (Lipinski definition) is 2. The first kappa shape index (κ1) is 12.9. The van der Waals surface area contributed by atoms with Crippen LogP contribution in [0.5, 0.6) is 0 Å². The highest BCUT2D eigenvalue weighted by Crippen LogP contribution is 2.34. The Labute approximate surface area is 109 Å². The predicted molar refractivity (Wildman–Crippen MR) is 65.4 cm³/mol. The summed E-state index contributed by atoms with van der Waals surface area (Å²) in [7, 11) is 0. The van der Waals surface area contributed by atoms with Gasteiger partial charge in [-0.25, -0.2) is 4.79 Å². The normalized spacial score (nSPS) is 27.7. The molecule has 1 saturated carbocycles. The molecule has 0 spiro atoms. The van der Waals surface area contributed by atoms with Gasteiger partial charge in [0, 0.05) is 5.38 Å². The van der Waals surface area contributed by atoms with Gasteiger partial charge in [-0.1, -0.05) is 24.3 Å². The minimum atomic E-state index is -1.17. The van der Waals surface area contributed by atoms with Gasteiger partial charge in [0.1, 0.15) is 5.54 Å². The van der Waals surface area contributed by atoms with Crippen molar-refractivity contribution in [1.82, 2.24) is 14.9 Å². The molecule has 0 aliphatic heterocycles. The van der Waals surface area contributed by atoms with Crippen molar-refractivity contribution in [3.63, 3.8) is 0 Å². The van der Waals surface area contributed by atoms with E-state index in [1.807, 2.05) is 6.92 Å². The van der Waals surface area contributed by atoms with E-state index < -0.39 is 17.4 Å². The second-order valence-corrected chi connectivity index (χ2v) is 5.28. The topological polar surface area (TPSA) is 92.2 Å². The van der Waals surface area contributed by atoms with E-state index >= 15 is 0 Å². The first-order chi connectivity index (χ1) is 8.56. The van der Waals surface area contributed by atoms with Crippen LogP contribution in [0.1, 0.15) is 43.1 Å². The highest BCUT2D eigenvalue weighted by atomic mass is 32.1. The van der Waals surface area contributed by atoms with Crippen LogP contribution in [0.2, 0.25) is 0 Å². The SMILES string of the molecule is CC1CCCCC1(NC(=O)c1csnn1)C(=O)O.